The first-order valence-corrected chi connectivity index (χ1v) is 9.80. The smallest absolute Gasteiger partial charge is 0.313 e. The maximum Gasteiger partial charge on any atom is 0.313 e. The van der Waals surface area contributed by atoms with Crippen LogP contribution in [0.4, 0.5) is 11.4 Å². The third-order valence-corrected chi connectivity index (χ3v) is 6.24. The minimum absolute atomic E-state index is 0.188. The summed E-state index contributed by atoms with van der Waals surface area (Å²) in [5.74, 6) is -0.973. The Hall–Kier alpha value is -2.54. The average Bonchev–Trinajstić information content (AvgIpc) is 2.95. The van der Waals surface area contributed by atoms with E-state index in [0.717, 1.165) is 24.2 Å². The molecule has 0 bridgehead atoms. The van der Waals surface area contributed by atoms with Gasteiger partial charge in [-0.25, -0.2) is 8.42 Å². The zero-order valence-electron chi connectivity index (χ0n) is 15.0. The second-order valence-corrected chi connectivity index (χ2v) is 8.76. The molecule has 2 aromatic rings. The molecular weight excluding hydrogens is 352 g/mol. The van der Waals surface area contributed by atoms with E-state index in [-0.39, 0.29) is 4.90 Å². The van der Waals surface area contributed by atoms with Gasteiger partial charge >= 0.3 is 5.97 Å². The molecule has 1 aliphatic heterocycles. The molecule has 0 aliphatic carbocycles. The minimum atomic E-state index is -3.76. The summed E-state index contributed by atoms with van der Waals surface area (Å²) in [4.78, 5) is 13.7. The van der Waals surface area contributed by atoms with Crippen molar-refractivity contribution in [2.24, 2.45) is 0 Å². The van der Waals surface area contributed by atoms with Gasteiger partial charge in [0.2, 0.25) is 0 Å². The lowest BCUT2D eigenvalue weighted by atomic mass is 9.85. The lowest BCUT2D eigenvalue weighted by Crippen LogP contribution is -2.28. The molecule has 0 amide bonds. The number of sulfonamides is 1. The van der Waals surface area contributed by atoms with Crippen LogP contribution in [0.25, 0.3) is 0 Å². The summed E-state index contributed by atoms with van der Waals surface area (Å²) in [6, 6.07) is 11.6. The van der Waals surface area contributed by atoms with Crippen LogP contribution in [0.15, 0.2) is 47.4 Å². The molecule has 6 nitrogen and oxygen atoms in total. The third-order valence-electron chi connectivity index (χ3n) is 4.87. The molecule has 2 N–H and O–H groups in total. The van der Waals surface area contributed by atoms with Crippen molar-refractivity contribution in [1.82, 2.24) is 0 Å². The quantitative estimate of drug-likeness (QED) is 0.840. The number of carbonyl (C=O) groups is 1. The van der Waals surface area contributed by atoms with Gasteiger partial charge in [0, 0.05) is 25.0 Å². The fourth-order valence-electron chi connectivity index (χ4n) is 3.00. The average molecular weight is 374 g/mol. The van der Waals surface area contributed by atoms with Crippen LogP contribution in [0.2, 0.25) is 0 Å². The lowest BCUT2D eigenvalue weighted by Gasteiger charge is -2.20. The number of carboxylic acids is 1. The van der Waals surface area contributed by atoms with E-state index in [1.165, 1.54) is 0 Å². The van der Waals surface area contributed by atoms with Crippen molar-refractivity contribution in [2.75, 3.05) is 23.2 Å². The molecule has 0 unspecified atom stereocenters. The maximum absolute atomic E-state index is 12.8. The molecule has 138 valence electrons. The van der Waals surface area contributed by atoms with Gasteiger partial charge < -0.3 is 10.0 Å². The third kappa shape index (κ3) is 3.26. The van der Waals surface area contributed by atoms with Gasteiger partial charge in [-0.2, -0.15) is 0 Å². The first-order valence-electron chi connectivity index (χ1n) is 8.32. The lowest BCUT2D eigenvalue weighted by molar-refractivity contribution is -0.142. The summed E-state index contributed by atoms with van der Waals surface area (Å²) in [5.41, 5.74) is 1.81. The number of nitrogens with zero attached hydrogens (tertiary/aromatic N) is 1. The number of aliphatic carboxylic acids is 1. The second kappa shape index (κ2) is 6.32. The van der Waals surface area contributed by atoms with Crippen LogP contribution in [-0.2, 0) is 26.7 Å². The van der Waals surface area contributed by atoms with Gasteiger partial charge in [-0.15, -0.1) is 0 Å². The predicted molar refractivity (Wildman–Crippen MR) is 101 cm³/mol. The van der Waals surface area contributed by atoms with Gasteiger partial charge in [0.15, 0.2) is 0 Å². The van der Waals surface area contributed by atoms with Crippen molar-refractivity contribution in [2.45, 2.75) is 30.6 Å². The highest BCUT2D eigenvalue weighted by molar-refractivity contribution is 7.92. The van der Waals surface area contributed by atoms with Crippen LogP contribution < -0.4 is 9.62 Å². The zero-order chi connectivity index (χ0) is 19.1. The Morgan fingerprint density at radius 2 is 1.92 bits per heavy atom. The van der Waals surface area contributed by atoms with E-state index in [2.05, 4.69) is 4.72 Å². The fourth-order valence-corrected chi connectivity index (χ4v) is 4.06. The van der Waals surface area contributed by atoms with E-state index in [0.29, 0.717) is 11.3 Å². The molecule has 7 heteroatoms. The predicted octanol–water partition coefficient (Wildman–Crippen LogP) is 2.84. The first kappa shape index (κ1) is 18.3. The number of fused-ring (bicyclic) bond motifs is 1. The summed E-state index contributed by atoms with van der Waals surface area (Å²) in [5, 5.41) is 9.37. The molecular formula is C19H22N2O4S. The molecule has 0 saturated carbocycles. The van der Waals surface area contributed by atoms with Crippen molar-refractivity contribution in [3.8, 4) is 0 Å². The van der Waals surface area contributed by atoms with Crippen LogP contribution in [-0.4, -0.2) is 33.1 Å². The van der Waals surface area contributed by atoms with Crippen molar-refractivity contribution in [1.29, 1.82) is 0 Å². The Morgan fingerprint density at radius 1 is 1.19 bits per heavy atom. The van der Waals surface area contributed by atoms with Gasteiger partial charge in [-0.1, -0.05) is 18.2 Å². The van der Waals surface area contributed by atoms with E-state index >= 15 is 0 Å². The first-order chi connectivity index (χ1) is 12.1. The number of rotatable bonds is 5. The van der Waals surface area contributed by atoms with Crippen molar-refractivity contribution >= 4 is 27.4 Å². The zero-order valence-corrected chi connectivity index (χ0v) is 15.8. The number of likely N-dealkylation sites (N-methyl/N-ethyl adjacent to an activating group) is 1. The highest BCUT2D eigenvalue weighted by atomic mass is 32.2. The van der Waals surface area contributed by atoms with E-state index in [4.69, 9.17) is 0 Å². The number of nitrogens with one attached hydrogen (secondary N) is 1. The summed E-state index contributed by atoms with van der Waals surface area (Å²) in [6.07, 6.45) is 0.909. The van der Waals surface area contributed by atoms with Crippen LogP contribution in [0, 0.1) is 0 Å². The maximum atomic E-state index is 12.8. The van der Waals surface area contributed by atoms with Crippen LogP contribution >= 0.6 is 0 Å². The summed E-state index contributed by atoms with van der Waals surface area (Å²) >= 11 is 0. The number of hydrogen-bond donors (Lipinski definition) is 2. The Bertz CT molecular complexity index is 967. The molecule has 3 rings (SSSR count). The molecule has 0 radical (unpaired) electrons. The Balaban J connectivity index is 1.92. The number of benzene rings is 2. The van der Waals surface area contributed by atoms with Crippen molar-refractivity contribution in [3.05, 3.63) is 53.6 Å². The molecule has 1 heterocycles. The molecule has 26 heavy (non-hydrogen) atoms. The molecule has 0 spiro atoms. The number of anilines is 2. The molecule has 0 fully saturated rings. The highest BCUT2D eigenvalue weighted by Crippen LogP contribution is 2.31. The Morgan fingerprint density at radius 3 is 2.62 bits per heavy atom. The Kier molecular flexibility index (Phi) is 4.44. The van der Waals surface area contributed by atoms with E-state index in [9.17, 15) is 18.3 Å². The topological polar surface area (TPSA) is 86.7 Å². The summed E-state index contributed by atoms with van der Waals surface area (Å²) in [6.45, 7) is 4.04. The molecule has 0 aromatic heterocycles. The van der Waals surface area contributed by atoms with E-state index in [1.54, 1.807) is 50.2 Å². The summed E-state index contributed by atoms with van der Waals surface area (Å²) < 4.78 is 28.1. The molecule has 2 aromatic carbocycles. The second-order valence-electron chi connectivity index (χ2n) is 7.08. The van der Waals surface area contributed by atoms with Gasteiger partial charge in [-0.3, -0.25) is 9.52 Å². The monoisotopic (exact) mass is 374 g/mol. The van der Waals surface area contributed by atoms with E-state index in [1.807, 2.05) is 18.0 Å². The normalized spacial score (nSPS) is 14.2. The minimum Gasteiger partial charge on any atom is -0.481 e. The van der Waals surface area contributed by atoms with Gasteiger partial charge in [0.25, 0.3) is 10.0 Å². The molecule has 0 saturated heterocycles. The number of carboxylic acid groups (broad SMARTS) is 1. The molecule has 0 atom stereocenters. The fraction of sp³-hybridized carbons (Fsp3) is 0.316. The van der Waals surface area contributed by atoms with Gasteiger partial charge in [0.1, 0.15) is 0 Å². The van der Waals surface area contributed by atoms with E-state index < -0.39 is 21.4 Å². The standard InChI is InChI=1S/C19H22N2O4S/c1-19(2,18(22)23)14-5-4-6-15(11-14)20-26(24,25)16-8-7-13-9-10-21(3)17(13)12-16/h4-8,11-12,20H,9-10H2,1-3H3,(H,22,23). The van der Waals surface area contributed by atoms with Gasteiger partial charge in [-0.05, 0) is 55.7 Å². The summed E-state index contributed by atoms with van der Waals surface area (Å²) in [7, 11) is -1.83. The molecule has 1 aliphatic rings. The number of hydrogen-bond acceptors (Lipinski definition) is 4. The van der Waals surface area contributed by atoms with Gasteiger partial charge in [0.05, 0.1) is 10.3 Å². The van der Waals surface area contributed by atoms with Crippen molar-refractivity contribution < 1.29 is 18.3 Å². The SMILES string of the molecule is CN1CCc2ccc(S(=O)(=O)Nc3cccc(C(C)(C)C(=O)O)c3)cc21. The highest BCUT2D eigenvalue weighted by Gasteiger charge is 2.30. The Labute approximate surface area is 153 Å². The van der Waals surface area contributed by atoms with Crippen LogP contribution in [0.3, 0.4) is 0 Å². The largest absolute Gasteiger partial charge is 0.481 e. The van der Waals surface area contributed by atoms with Crippen LogP contribution in [0.5, 0.6) is 0 Å². The van der Waals surface area contributed by atoms with Crippen molar-refractivity contribution in [3.63, 3.8) is 0 Å². The van der Waals surface area contributed by atoms with Crippen LogP contribution in [0.1, 0.15) is 25.0 Å².